The summed E-state index contributed by atoms with van der Waals surface area (Å²) in [6.45, 7) is 6.45. The molecule has 2 aromatic carbocycles. The third kappa shape index (κ3) is 4.33. The number of amides is 1. The first-order chi connectivity index (χ1) is 12.7. The smallest absolute Gasteiger partial charge is 0.235 e. The van der Waals surface area contributed by atoms with Crippen LogP contribution in [0.4, 0.5) is 11.4 Å². The summed E-state index contributed by atoms with van der Waals surface area (Å²) < 4.78 is 25.9. The van der Waals surface area contributed by atoms with Crippen LogP contribution in [0.5, 0.6) is 0 Å². The molecule has 1 N–H and O–H groups in total. The van der Waals surface area contributed by atoms with E-state index in [2.05, 4.69) is 5.32 Å². The van der Waals surface area contributed by atoms with Gasteiger partial charge in [0.15, 0.2) is 0 Å². The van der Waals surface area contributed by atoms with Crippen molar-refractivity contribution in [3.05, 3.63) is 59.7 Å². The maximum absolute atomic E-state index is 12.6. The first-order valence-corrected chi connectivity index (χ1v) is 10.8. The van der Waals surface area contributed by atoms with E-state index in [-0.39, 0.29) is 17.1 Å². The highest BCUT2D eigenvalue weighted by atomic mass is 32.2. The molecule has 0 radical (unpaired) electrons. The van der Waals surface area contributed by atoms with E-state index >= 15 is 0 Å². The van der Waals surface area contributed by atoms with Gasteiger partial charge in [0.25, 0.3) is 0 Å². The Labute approximate surface area is 161 Å². The molecule has 0 aliphatic carbocycles. The van der Waals surface area contributed by atoms with E-state index in [0.29, 0.717) is 30.8 Å². The van der Waals surface area contributed by atoms with Gasteiger partial charge in [-0.1, -0.05) is 50.2 Å². The molecule has 0 unspecified atom stereocenters. The Morgan fingerprint density at radius 2 is 1.85 bits per heavy atom. The Morgan fingerprint density at radius 3 is 2.48 bits per heavy atom. The lowest BCUT2D eigenvalue weighted by Crippen LogP contribution is -2.27. The number of hydrogen-bond donors (Lipinski definition) is 1. The molecule has 0 aromatic heterocycles. The summed E-state index contributed by atoms with van der Waals surface area (Å²) in [4.78, 5) is 12.6. The van der Waals surface area contributed by atoms with Crippen LogP contribution in [0.1, 0.15) is 37.8 Å². The molecule has 6 heteroatoms. The van der Waals surface area contributed by atoms with E-state index < -0.39 is 10.0 Å². The minimum absolute atomic E-state index is 0.0945. The van der Waals surface area contributed by atoms with E-state index in [1.165, 1.54) is 4.31 Å². The Balaban J connectivity index is 1.76. The number of sulfonamides is 1. The molecule has 1 heterocycles. The summed E-state index contributed by atoms with van der Waals surface area (Å²) in [5.41, 5.74) is 2.95. The predicted octanol–water partition coefficient (Wildman–Crippen LogP) is 3.84. The van der Waals surface area contributed by atoms with Gasteiger partial charge in [-0.2, -0.15) is 0 Å². The van der Waals surface area contributed by atoms with E-state index in [1.807, 2.05) is 63.2 Å². The second kappa shape index (κ2) is 7.35. The fourth-order valence-corrected chi connectivity index (χ4v) is 5.08. The number of carbonyl (C=O) groups is 1. The molecule has 0 spiro atoms. The number of hydrogen-bond acceptors (Lipinski definition) is 3. The molecule has 0 bridgehead atoms. The second-order valence-corrected chi connectivity index (χ2v) is 9.73. The van der Waals surface area contributed by atoms with Crippen molar-refractivity contribution in [2.75, 3.05) is 21.9 Å². The number of anilines is 2. The average Bonchev–Trinajstić information content (AvgIpc) is 2.96. The van der Waals surface area contributed by atoms with Crippen LogP contribution in [-0.2, 0) is 20.2 Å². The summed E-state index contributed by atoms with van der Waals surface area (Å²) >= 11 is 0. The van der Waals surface area contributed by atoms with E-state index in [4.69, 9.17) is 0 Å². The number of nitrogens with one attached hydrogen (secondary N) is 1. The maximum Gasteiger partial charge on any atom is 0.235 e. The minimum Gasteiger partial charge on any atom is -0.326 e. The van der Waals surface area contributed by atoms with Gasteiger partial charge in [-0.3, -0.25) is 9.10 Å². The summed E-state index contributed by atoms with van der Waals surface area (Å²) in [5, 5.41) is 2.93. The molecule has 5 nitrogen and oxygen atoms in total. The summed E-state index contributed by atoms with van der Waals surface area (Å²) in [6.07, 6.45) is 0.964. The molecule has 27 heavy (non-hydrogen) atoms. The van der Waals surface area contributed by atoms with E-state index in [9.17, 15) is 13.2 Å². The summed E-state index contributed by atoms with van der Waals surface area (Å²) in [7, 11) is -3.25. The van der Waals surface area contributed by atoms with Crippen molar-refractivity contribution in [1.82, 2.24) is 0 Å². The third-order valence-corrected chi connectivity index (χ3v) is 6.87. The first kappa shape index (κ1) is 19.4. The van der Waals surface area contributed by atoms with Gasteiger partial charge in [-0.25, -0.2) is 8.42 Å². The first-order valence-electron chi connectivity index (χ1n) is 9.15. The Hall–Kier alpha value is -2.34. The number of carbonyl (C=O) groups excluding carboxylic acids is 1. The molecule has 1 saturated heterocycles. The van der Waals surface area contributed by atoms with Gasteiger partial charge in [0, 0.05) is 18.7 Å². The fraction of sp³-hybridized carbons (Fsp3) is 0.381. The van der Waals surface area contributed by atoms with Crippen LogP contribution in [0.25, 0.3) is 0 Å². The van der Waals surface area contributed by atoms with Crippen molar-refractivity contribution in [3.63, 3.8) is 0 Å². The molecule has 1 fully saturated rings. The zero-order valence-corrected chi connectivity index (χ0v) is 16.8. The van der Waals surface area contributed by atoms with Crippen molar-refractivity contribution in [1.29, 1.82) is 0 Å². The molecule has 1 aliphatic rings. The van der Waals surface area contributed by atoms with Crippen molar-refractivity contribution in [2.24, 2.45) is 0 Å². The van der Waals surface area contributed by atoms with E-state index in [0.717, 1.165) is 11.1 Å². The lowest BCUT2D eigenvalue weighted by Gasteiger charge is -2.25. The minimum atomic E-state index is -3.25. The van der Waals surface area contributed by atoms with Crippen molar-refractivity contribution in [3.8, 4) is 0 Å². The van der Waals surface area contributed by atoms with Crippen LogP contribution in [0.3, 0.4) is 0 Å². The second-order valence-electron chi connectivity index (χ2n) is 7.72. The highest BCUT2D eigenvalue weighted by Gasteiger charge is 2.30. The molecule has 0 saturated carbocycles. The monoisotopic (exact) mass is 386 g/mol. The van der Waals surface area contributed by atoms with Crippen LogP contribution in [0.2, 0.25) is 0 Å². The van der Waals surface area contributed by atoms with Gasteiger partial charge >= 0.3 is 0 Å². The van der Waals surface area contributed by atoms with Crippen molar-refractivity contribution >= 4 is 27.3 Å². The lowest BCUT2D eigenvalue weighted by atomic mass is 9.81. The number of rotatable bonds is 5. The normalized spacial score (nSPS) is 16.3. The highest BCUT2D eigenvalue weighted by Crippen LogP contribution is 2.31. The molecule has 0 atom stereocenters. The fourth-order valence-electron chi connectivity index (χ4n) is 3.46. The average molecular weight is 387 g/mol. The third-order valence-electron chi connectivity index (χ3n) is 5.02. The van der Waals surface area contributed by atoms with Crippen molar-refractivity contribution in [2.45, 2.75) is 39.0 Å². The van der Waals surface area contributed by atoms with Crippen LogP contribution in [0, 0.1) is 6.92 Å². The molecule has 3 rings (SSSR count). The topological polar surface area (TPSA) is 66.5 Å². The summed E-state index contributed by atoms with van der Waals surface area (Å²) in [5.74, 6) is 0.0804. The number of nitrogens with zero attached hydrogens (tertiary/aromatic N) is 1. The zero-order valence-electron chi connectivity index (χ0n) is 16.0. The van der Waals surface area contributed by atoms with Gasteiger partial charge in [-0.05, 0) is 42.0 Å². The van der Waals surface area contributed by atoms with Gasteiger partial charge < -0.3 is 5.32 Å². The molecular formula is C21H26N2O3S. The standard InChI is InChI=1S/C21H26N2O3S/c1-16-10-11-18(14-19(16)23-12-7-13-27(23,25)26)22-20(24)15-21(2,3)17-8-5-4-6-9-17/h4-6,8-11,14H,7,12-13,15H2,1-3H3,(H,22,24). The molecular weight excluding hydrogens is 360 g/mol. The quantitative estimate of drug-likeness (QED) is 0.849. The Bertz CT molecular complexity index is 937. The van der Waals surface area contributed by atoms with Crippen LogP contribution in [-0.4, -0.2) is 26.6 Å². The molecule has 1 aliphatic heterocycles. The van der Waals surface area contributed by atoms with E-state index in [1.54, 1.807) is 6.07 Å². The SMILES string of the molecule is Cc1ccc(NC(=O)CC(C)(C)c2ccccc2)cc1N1CCCS1(=O)=O. The van der Waals surface area contributed by atoms with Gasteiger partial charge in [0.2, 0.25) is 15.9 Å². The van der Waals surface area contributed by atoms with Crippen molar-refractivity contribution < 1.29 is 13.2 Å². The lowest BCUT2D eigenvalue weighted by molar-refractivity contribution is -0.117. The van der Waals surface area contributed by atoms with Gasteiger partial charge in [-0.15, -0.1) is 0 Å². The number of aryl methyl sites for hydroxylation is 1. The van der Waals surface area contributed by atoms with Gasteiger partial charge in [0.05, 0.1) is 11.4 Å². The molecule has 1 amide bonds. The van der Waals surface area contributed by atoms with Crippen LogP contribution >= 0.6 is 0 Å². The maximum atomic E-state index is 12.6. The predicted molar refractivity (Wildman–Crippen MR) is 110 cm³/mol. The molecule has 2 aromatic rings. The Kier molecular flexibility index (Phi) is 5.29. The largest absolute Gasteiger partial charge is 0.326 e. The van der Waals surface area contributed by atoms with Crippen LogP contribution in [0.15, 0.2) is 48.5 Å². The zero-order chi connectivity index (χ0) is 19.7. The summed E-state index contributed by atoms with van der Waals surface area (Å²) in [6, 6.07) is 15.4. The Morgan fingerprint density at radius 1 is 1.15 bits per heavy atom. The molecule has 144 valence electrons. The number of benzene rings is 2. The van der Waals surface area contributed by atoms with Gasteiger partial charge in [0.1, 0.15) is 0 Å². The van der Waals surface area contributed by atoms with Crippen LogP contribution < -0.4 is 9.62 Å². The highest BCUT2D eigenvalue weighted by molar-refractivity contribution is 7.93.